The van der Waals surface area contributed by atoms with Gasteiger partial charge in [0, 0.05) is 11.4 Å². The van der Waals surface area contributed by atoms with Crippen molar-refractivity contribution < 1.29 is 9.59 Å². The molecule has 0 bridgehead atoms. The average Bonchev–Trinajstić information content (AvgIpc) is 3.13. The smallest absolute Gasteiger partial charge is 0.319 e. The molecule has 8 heteroatoms. The van der Waals surface area contributed by atoms with E-state index in [0.717, 1.165) is 28.2 Å². The number of hydrogen-bond acceptors (Lipinski definition) is 5. The lowest BCUT2D eigenvalue weighted by Gasteiger charge is -2.09. The zero-order valence-electron chi connectivity index (χ0n) is 14.9. The molecule has 27 heavy (non-hydrogen) atoms. The summed E-state index contributed by atoms with van der Waals surface area (Å²) >= 11 is 1.14. The van der Waals surface area contributed by atoms with Gasteiger partial charge in [0.15, 0.2) is 0 Å². The van der Waals surface area contributed by atoms with Crippen molar-refractivity contribution in [2.45, 2.75) is 20.4 Å². The summed E-state index contributed by atoms with van der Waals surface area (Å²) in [4.78, 5) is 24.3. The number of aryl methyl sites for hydroxylation is 2. The molecular formula is C19H19N5O2S. The molecule has 0 fully saturated rings. The molecule has 2 aromatic carbocycles. The van der Waals surface area contributed by atoms with Gasteiger partial charge in [0.25, 0.3) is 5.91 Å². The number of rotatable bonds is 5. The first-order valence-corrected chi connectivity index (χ1v) is 9.14. The van der Waals surface area contributed by atoms with Gasteiger partial charge < -0.3 is 16.0 Å². The number of carbonyl (C=O) groups excluding carboxylic acids is 2. The van der Waals surface area contributed by atoms with E-state index in [4.69, 9.17) is 0 Å². The minimum atomic E-state index is -0.339. The second kappa shape index (κ2) is 8.41. The molecular weight excluding hydrogens is 362 g/mol. The number of aromatic nitrogens is 2. The third-order valence-electron chi connectivity index (χ3n) is 3.73. The van der Waals surface area contributed by atoms with Crippen LogP contribution in [0, 0.1) is 13.8 Å². The Hall–Kier alpha value is -3.26. The van der Waals surface area contributed by atoms with E-state index >= 15 is 0 Å². The molecule has 0 saturated carbocycles. The van der Waals surface area contributed by atoms with Crippen LogP contribution in [0.4, 0.5) is 16.2 Å². The fourth-order valence-electron chi connectivity index (χ4n) is 2.32. The van der Waals surface area contributed by atoms with Crippen molar-refractivity contribution in [3.63, 3.8) is 0 Å². The number of hydrogen-bond donors (Lipinski definition) is 3. The Labute approximate surface area is 160 Å². The van der Waals surface area contributed by atoms with Gasteiger partial charge in [-0.3, -0.25) is 4.79 Å². The third-order valence-corrected chi connectivity index (χ3v) is 4.66. The van der Waals surface area contributed by atoms with E-state index in [9.17, 15) is 9.59 Å². The van der Waals surface area contributed by atoms with E-state index in [1.807, 2.05) is 50.2 Å². The number of benzene rings is 2. The van der Waals surface area contributed by atoms with E-state index in [-0.39, 0.29) is 23.5 Å². The molecule has 3 aromatic rings. The van der Waals surface area contributed by atoms with Crippen LogP contribution in [0.15, 0.2) is 48.5 Å². The van der Waals surface area contributed by atoms with Gasteiger partial charge in [-0.25, -0.2) is 4.79 Å². The Bertz CT molecular complexity index is 956. The van der Waals surface area contributed by atoms with Crippen LogP contribution >= 0.6 is 11.3 Å². The predicted molar refractivity (Wildman–Crippen MR) is 106 cm³/mol. The molecule has 0 unspecified atom stereocenters. The zero-order valence-corrected chi connectivity index (χ0v) is 15.8. The van der Waals surface area contributed by atoms with Crippen molar-refractivity contribution in [1.82, 2.24) is 15.5 Å². The van der Waals surface area contributed by atoms with Gasteiger partial charge in [-0.05, 0) is 43.2 Å². The lowest BCUT2D eigenvalue weighted by molar-refractivity contribution is 0.102. The predicted octanol–water partition coefficient (Wildman–Crippen LogP) is 3.73. The highest BCUT2D eigenvalue weighted by molar-refractivity contribution is 7.13. The van der Waals surface area contributed by atoms with Crippen LogP contribution in [0.2, 0.25) is 0 Å². The van der Waals surface area contributed by atoms with Gasteiger partial charge in [-0.1, -0.05) is 41.7 Å². The first-order valence-electron chi connectivity index (χ1n) is 8.32. The highest BCUT2D eigenvalue weighted by atomic mass is 32.1. The Morgan fingerprint density at radius 1 is 1.00 bits per heavy atom. The van der Waals surface area contributed by atoms with Crippen LogP contribution in [-0.4, -0.2) is 22.1 Å². The van der Waals surface area contributed by atoms with Gasteiger partial charge in [0.1, 0.15) is 5.01 Å². The van der Waals surface area contributed by atoms with Crippen LogP contribution in [-0.2, 0) is 6.54 Å². The Morgan fingerprint density at radius 3 is 2.56 bits per heavy atom. The normalized spacial score (nSPS) is 10.3. The highest BCUT2D eigenvalue weighted by Gasteiger charge is 2.14. The van der Waals surface area contributed by atoms with Gasteiger partial charge in [-0.15, -0.1) is 10.2 Å². The van der Waals surface area contributed by atoms with Crippen molar-refractivity contribution in [2.24, 2.45) is 0 Å². The molecule has 3 amide bonds. The number of anilines is 2. The second-order valence-corrected chi connectivity index (χ2v) is 7.01. The maximum atomic E-state index is 12.2. The molecule has 7 nitrogen and oxygen atoms in total. The number of amides is 3. The largest absolute Gasteiger partial charge is 0.331 e. The minimum Gasteiger partial charge on any atom is -0.331 e. The molecule has 3 rings (SSSR count). The van der Waals surface area contributed by atoms with Crippen molar-refractivity contribution in [3.8, 4) is 0 Å². The van der Waals surface area contributed by atoms with Crippen LogP contribution in [0.25, 0.3) is 0 Å². The van der Waals surface area contributed by atoms with Crippen LogP contribution < -0.4 is 16.0 Å². The summed E-state index contributed by atoms with van der Waals surface area (Å²) in [6.07, 6.45) is 0. The van der Waals surface area contributed by atoms with Crippen LogP contribution in [0.1, 0.15) is 25.9 Å². The van der Waals surface area contributed by atoms with E-state index in [1.54, 1.807) is 12.1 Å². The molecule has 1 aromatic heterocycles. The Morgan fingerprint density at radius 2 is 1.78 bits per heavy atom. The first kappa shape index (κ1) is 18.5. The molecule has 0 atom stereocenters. The molecule has 3 N–H and O–H groups in total. The molecule has 0 aliphatic heterocycles. The molecule has 0 radical (unpaired) electrons. The van der Waals surface area contributed by atoms with Crippen molar-refractivity contribution in [1.29, 1.82) is 0 Å². The summed E-state index contributed by atoms with van der Waals surface area (Å²) in [5, 5.41) is 16.9. The summed E-state index contributed by atoms with van der Waals surface area (Å²) in [5.41, 5.74) is 3.48. The van der Waals surface area contributed by atoms with Crippen molar-refractivity contribution in [3.05, 3.63) is 69.7 Å². The molecule has 0 aliphatic rings. The van der Waals surface area contributed by atoms with Gasteiger partial charge in [0.05, 0.1) is 6.54 Å². The maximum Gasteiger partial charge on any atom is 0.319 e. The summed E-state index contributed by atoms with van der Waals surface area (Å²) in [7, 11) is 0. The van der Waals surface area contributed by atoms with Gasteiger partial charge >= 0.3 is 6.03 Å². The first-order chi connectivity index (χ1) is 13.0. The van der Waals surface area contributed by atoms with Gasteiger partial charge in [-0.2, -0.15) is 0 Å². The molecule has 0 saturated heterocycles. The number of para-hydroxylation sites is 1. The lowest BCUT2D eigenvalue weighted by Crippen LogP contribution is -2.28. The van der Waals surface area contributed by atoms with Crippen molar-refractivity contribution >= 4 is 34.6 Å². The summed E-state index contributed by atoms with van der Waals surface area (Å²) in [6, 6.07) is 14.6. The molecule has 0 aliphatic carbocycles. The molecule has 0 spiro atoms. The second-order valence-electron chi connectivity index (χ2n) is 5.95. The minimum absolute atomic E-state index is 0.187. The highest BCUT2D eigenvalue weighted by Crippen LogP contribution is 2.16. The summed E-state index contributed by atoms with van der Waals surface area (Å²) in [6.45, 7) is 4.08. The molecule has 1 heterocycles. The fourth-order valence-corrected chi connectivity index (χ4v) is 2.99. The van der Waals surface area contributed by atoms with Gasteiger partial charge in [0.2, 0.25) is 5.01 Å². The monoisotopic (exact) mass is 381 g/mol. The Balaban J connectivity index is 1.54. The summed E-state index contributed by atoms with van der Waals surface area (Å²) < 4.78 is 0. The van der Waals surface area contributed by atoms with E-state index in [1.165, 1.54) is 0 Å². The van der Waals surface area contributed by atoms with Crippen LogP contribution in [0.3, 0.4) is 0 Å². The van der Waals surface area contributed by atoms with Crippen LogP contribution in [0.5, 0.6) is 0 Å². The fraction of sp³-hybridized carbons (Fsp3) is 0.158. The standard InChI is InChI=1S/C19H19N5O2S/c1-12-8-9-13(2)15(10-12)22-19(26)20-11-16-23-24-18(27-16)17(25)21-14-6-4-3-5-7-14/h3-10H,11H2,1-2H3,(H,21,25)(H2,20,22,26). The average molecular weight is 381 g/mol. The lowest BCUT2D eigenvalue weighted by atomic mass is 10.1. The van der Waals surface area contributed by atoms with E-state index in [2.05, 4.69) is 26.1 Å². The zero-order chi connectivity index (χ0) is 19.2. The Kier molecular flexibility index (Phi) is 5.77. The summed E-state index contributed by atoms with van der Waals surface area (Å²) in [5.74, 6) is -0.329. The number of nitrogens with one attached hydrogen (secondary N) is 3. The topological polar surface area (TPSA) is 96.0 Å². The van der Waals surface area contributed by atoms with E-state index < -0.39 is 0 Å². The third kappa shape index (κ3) is 5.11. The van der Waals surface area contributed by atoms with E-state index in [0.29, 0.717) is 10.7 Å². The number of nitrogens with zero attached hydrogens (tertiary/aromatic N) is 2. The number of urea groups is 1. The maximum absolute atomic E-state index is 12.2. The SMILES string of the molecule is Cc1ccc(C)c(NC(=O)NCc2nnc(C(=O)Nc3ccccc3)s2)c1. The van der Waals surface area contributed by atoms with Crippen molar-refractivity contribution in [2.75, 3.05) is 10.6 Å². The molecule has 138 valence electrons. The number of carbonyl (C=O) groups is 2. The quantitative estimate of drug-likeness (QED) is 0.627.